The summed E-state index contributed by atoms with van der Waals surface area (Å²) in [6.45, 7) is 5.10. The molecular formula is C20H27N5O. The van der Waals surface area contributed by atoms with E-state index in [1.807, 2.05) is 6.07 Å². The first kappa shape index (κ1) is 16.2. The summed E-state index contributed by atoms with van der Waals surface area (Å²) in [4.78, 5) is 14.9. The maximum absolute atomic E-state index is 12.3. The van der Waals surface area contributed by atoms with Gasteiger partial charge in [-0.2, -0.15) is 10.2 Å². The SMILES string of the molecule is O=c1cc2c(nn1CC1CCN(Cc3cnn4c3CCC4)CC1)CCC2. The second kappa shape index (κ2) is 6.65. The molecule has 0 atom stereocenters. The summed E-state index contributed by atoms with van der Waals surface area (Å²) < 4.78 is 3.91. The summed E-state index contributed by atoms with van der Waals surface area (Å²) in [7, 11) is 0. The minimum atomic E-state index is 0.0866. The molecular weight excluding hydrogens is 326 g/mol. The zero-order valence-electron chi connectivity index (χ0n) is 15.4. The van der Waals surface area contributed by atoms with Crippen molar-refractivity contribution in [2.24, 2.45) is 5.92 Å². The molecule has 138 valence electrons. The average molecular weight is 353 g/mol. The molecule has 0 bridgehead atoms. The molecule has 2 aromatic rings. The summed E-state index contributed by atoms with van der Waals surface area (Å²) >= 11 is 0. The summed E-state index contributed by atoms with van der Waals surface area (Å²) in [5, 5.41) is 9.16. The minimum Gasteiger partial charge on any atom is -0.299 e. The van der Waals surface area contributed by atoms with Crippen LogP contribution < -0.4 is 5.56 Å². The van der Waals surface area contributed by atoms with Crippen LogP contribution in [-0.4, -0.2) is 37.6 Å². The number of aromatic nitrogens is 4. The van der Waals surface area contributed by atoms with E-state index in [9.17, 15) is 4.79 Å². The molecule has 3 aliphatic rings. The fraction of sp³-hybridized carbons (Fsp3) is 0.650. The minimum absolute atomic E-state index is 0.0866. The van der Waals surface area contributed by atoms with Gasteiger partial charge in [-0.25, -0.2) is 4.68 Å². The molecule has 0 aromatic carbocycles. The molecule has 0 unspecified atom stereocenters. The van der Waals surface area contributed by atoms with Gasteiger partial charge in [0.15, 0.2) is 0 Å². The first-order valence-corrected chi connectivity index (χ1v) is 10.1. The van der Waals surface area contributed by atoms with Crippen LogP contribution in [0.4, 0.5) is 0 Å². The van der Waals surface area contributed by atoms with Gasteiger partial charge in [0, 0.05) is 37.0 Å². The molecule has 26 heavy (non-hydrogen) atoms. The molecule has 0 amide bonds. The van der Waals surface area contributed by atoms with Crippen molar-refractivity contribution in [3.63, 3.8) is 0 Å². The summed E-state index contributed by atoms with van der Waals surface area (Å²) in [5.74, 6) is 0.564. The molecule has 0 spiro atoms. The first-order chi connectivity index (χ1) is 12.8. The molecule has 4 heterocycles. The van der Waals surface area contributed by atoms with Gasteiger partial charge < -0.3 is 0 Å². The molecule has 0 saturated carbocycles. The second-order valence-electron chi connectivity index (χ2n) is 8.15. The average Bonchev–Trinajstić information content (AvgIpc) is 3.35. The highest BCUT2D eigenvalue weighted by Crippen LogP contribution is 2.24. The Balaban J connectivity index is 1.19. The second-order valence-corrected chi connectivity index (χ2v) is 8.15. The van der Waals surface area contributed by atoms with Crippen molar-refractivity contribution in [2.45, 2.75) is 64.6 Å². The van der Waals surface area contributed by atoms with E-state index in [1.165, 1.54) is 29.7 Å². The Morgan fingerprint density at radius 2 is 1.96 bits per heavy atom. The molecule has 2 aromatic heterocycles. The van der Waals surface area contributed by atoms with Gasteiger partial charge in [-0.3, -0.25) is 14.4 Å². The molecule has 2 aliphatic heterocycles. The number of nitrogens with zero attached hydrogens (tertiary/aromatic N) is 5. The van der Waals surface area contributed by atoms with Crippen LogP contribution in [0.5, 0.6) is 0 Å². The van der Waals surface area contributed by atoms with Gasteiger partial charge in [0.2, 0.25) is 0 Å². The predicted octanol–water partition coefficient (Wildman–Crippen LogP) is 1.79. The van der Waals surface area contributed by atoms with Gasteiger partial charge in [-0.15, -0.1) is 0 Å². The maximum atomic E-state index is 12.3. The predicted molar refractivity (Wildman–Crippen MR) is 99.1 cm³/mol. The Labute approximate surface area is 153 Å². The number of aryl methyl sites for hydroxylation is 3. The van der Waals surface area contributed by atoms with E-state index in [0.717, 1.165) is 70.5 Å². The van der Waals surface area contributed by atoms with Crippen molar-refractivity contribution in [3.8, 4) is 0 Å². The fourth-order valence-electron chi connectivity index (χ4n) is 4.84. The third-order valence-electron chi connectivity index (χ3n) is 6.37. The number of hydrogen-bond acceptors (Lipinski definition) is 4. The van der Waals surface area contributed by atoms with Crippen molar-refractivity contribution in [1.29, 1.82) is 0 Å². The van der Waals surface area contributed by atoms with Crippen molar-refractivity contribution in [2.75, 3.05) is 13.1 Å². The smallest absolute Gasteiger partial charge is 0.267 e. The summed E-state index contributed by atoms with van der Waals surface area (Å²) in [6.07, 6.45) is 9.97. The van der Waals surface area contributed by atoms with Crippen LogP contribution >= 0.6 is 0 Å². The largest absolute Gasteiger partial charge is 0.299 e. The van der Waals surface area contributed by atoms with Crippen LogP contribution in [0.3, 0.4) is 0 Å². The summed E-state index contributed by atoms with van der Waals surface area (Å²) in [6, 6.07) is 1.82. The highest BCUT2D eigenvalue weighted by molar-refractivity contribution is 5.22. The lowest BCUT2D eigenvalue weighted by atomic mass is 9.96. The van der Waals surface area contributed by atoms with Crippen LogP contribution in [0, 0.1) is 5.92 Å². The van der Waals surface area contributed by atoms with Gasteiger partial charge in [0.25, 0.3) is 5.56 Å². The van der Waals surface area contributed by atoms with Gasteiger partial charge in [-0.1, -0.05) is 0 Å². The molecule has 1 saturated heterocycles. The molecule has 0 N–H and O–H groups in total. The van der Waals surface area contributed by atoms with E-state index in [0.29, 0.717) is 5.92 Å². The lowest BCUT2D eigenvalue weighted by Gasteiger charge is -2.31. The van der Waals surface area contributed by atoms with Gasteiger partial charge >= 0.3 is 0 Å². The Hall–Kier alpha value is -1.95. The molecule has 5 rings (SSSR count). The van der Waals surface area contributed by atoms with Crippen molar-refractivity contribution >= 4 is 0 Å². The van der Waals surface area contributed by atoms with Crippen molar-refractivity contribution < 1.29 is 0 Å². The van der Waals surface area contributed by atoms with E-state index in [1.54, 1.807) is 4.68 Å². The van der Waals surface area contributed by atoms with Crippen LogP contribution in [-0.2, 0) is 38.9 Å². The van der Waals surface area contributed by atoms with E-state index < -0.39 is 0 Å². The fourth-order valence-corrected chi connectivity index (χ4v) is 4.84. The quantitative estimate of drug-likeness (QED) is 0.841. The number of rotatable bonds is 4. The number of piperidine rings is 1. The molecule has 0 radical (unpaired) electrons. The van der Waals surface area contributed by atoms with Crippen LogP contribution in [0.2, 0.25) is 0 Å². The third kappa shape index (κ3) is 3.00. The Kier molecular flexibility index (Phi) is 4.15. The lowest BCUT2D eigenvalue weighted by Crippen LogP contribution is -2.36. The normalized spacial score (nSPS) is 20.5. The Morgan fingerprint density at radius 1 is 1.08 bits per heavy atom. The first-order valence-electron chi connectivity index (χ1n) is 10.1. The topological polar surface area (TPSA) is 56.0 Å². The Morgan fingerprint density at radius 3 is 2.85 bits per heavy atom. The van der Waals surface area contributed by atoms with Gasteiger partial charge in [0.05, 0.1) is 11.9 Å². The number of hydrogen-bond donors (Lipinski definition) is 0. The number of likely N-dealkylation sites (tertiary alicyclic amines) is 1. The molecule has 6 nitrogen and oxygen atoms in total. The third-order valence-corrected chi connectivity index (χ3v) is 6.37. The van der Waals surface area contributed by atoms with Gasteiger partial charge in [0.1, 0.15) is 0 Å². The number of fused-ring (bicyclic) bond motifs is 2. The van der Waals surface area contributed by atoms with Crippen molar-refractivity contribution in [1.82, 2.24) is 24.5 Å². The van der Waals surface area contributed by atoms with E-state index in [-0.39, 0.29) is 5.56 Å². The zero-order valence-corrected chi connectivity index (χ0v) is 15.4. The van der Waals surface area contributed by atoms with Crippen LogP contribution in [0.1, 0.15) is 48.2 Å². The van der Waals surface area contributed by atoms with Crippen LogP contribution in [0.25, 0.3) is 0 Å². The van der Waals surface area contributed by atoms with E-state index >= 15 is 0 Å². The Bertz CT molecular complexity index is 860. The zero-order chi connectivity index (χ0) is 17.5. The summed E-state index contributed by atoms with van der Waals surface area (Å²) in [5.41, 5.74) is 5.27. The maximum Gasteiger partial charge on any atom is 0.267 e. The van der Waals surface area contributed by atoms with E-state index in [2.05, 4.69) is 26.0 Å². The molecule has 1 aliphatic carbocycles. The van der Waals surface area contributed by atoms with Crippen LogP contribution in [0.15, 0.2) is 17.1 Å². The highest BCUT2D eigenvalue weighted by atomic mass is 16.1. The highest BCUT2D eigenvalue weighted by Gasteiger charge is 2.24. The van der Waals surface area contributed by atoms with Crippen molar-refractivity contribution in [3.05, 3.63) is 45.1 Å². The lowest BCUT2D eigenvalue weighted by molar-refractivity contribution is 0.163. The molecule has 6 heteroatoms. The van der Waals surface area contributed by atoms with E-state index in [4.69, 9.17) is 0 Å². The van der Waals surface area contributed by atoms with Gasteiger partial charge in [-0.05, 0) is 69.5 Å². The monoisotopic (exact) mass is 353 g/mol. The molecule has 1 fully saturated rings. The standard InChI is InChI=1S/C20H27N5O/c26-20-11-16-3-1-4-18(16)22-25(20)13-15-6-9-23(10-7-15)14-17-12-21-24-8-2-5-19(17)24/h11-12,15H,1-10,13-14H2.